The molecule has 1 aromatic carbocycles. The van der Waals surface area contributed by atoms with Crippen LogP contribution in [0.2, 0.25) is 0 Å². The fourth-order valence-electron chi connectivity index (χ4n) is 2.83. The van der Waals surface area contributed by atoms with Gasteiger partial charge in [0.25, 0.3) is 5.91 Å². The van der Waals surface area contributed by atoms with E-state index in [0.717, 1.165) is 20.9 Å². The summed E-state index contributed by atoms with van der Waals surface area (Å²) in [5.41, 5.74) is 15.4. The zero-order valence-electron chi connectivity index (χ0n) is 19.3. The largest absolute Gasteiger partial charge is 0.398 e. The van der Waals surface area contributed by atoms with Crippen LogP contribution in [0.5, 0.6) is 0 Å². The number of hydrogen-bond acceptors (Lipinski definition) is 7. The summed E-state index contributed by atoms with van der Waals surface area (Å²) in [6, 6.07) is 9.75. The molecular weight excluding hydrogens is 434 g/mol. The number of carbonyl (C=O) groups excluding carboxylic acids is 1. The van der Waals surface area contributed by atoms with Gasteiger partial charge in [-0.2, -0.15) is 0 Å². The van der Waals surface area contributed by atoms with Crippen LogP contribution in [-0.4, -0.2) is 38.3 Å². The molecule has 0 bridgehead atoms. The van der Waals surface area contributed by atoms with Crippen molar-refractivity contribution in [1.82, 2.24) is 10.6 Å². The standard InChI is InChI=1S/C24H31N7OS/c1-6-29-24(32)21(27-4)23(30-12-11-15(2)3)31-14-17-8-10-20(33-17)16-7-9-19(25)18(13-16)22(26)28-5/h7-10,12-13,31H,2,4,6,11,14,25H2,1,3,5H3,(H2,26,28)(H,29,32)/b23-21+,30-12-. The minimum absolute atomic E-state index is 0.143. The monoisotopic (exact) mass is 465 g/mol. The molecule has 0 saturated carbocycles. The van der Waals surface area contributed by atoms with E-state index in [1.165, 1.54) is 0 Å². The number of amidine groups is 1. The maximum atomic E-state index is 12.4. The number of nitrogens with two attached hydrogens (primary N) is 2. The summed E-state index contributed by atoms with van der Waals surface area (Å²) in [4.78, 5) is 26.8. The summed E-state index contributed by atoms with van der Waals surface area (Å²) >= 11 is 1.61. The number of rotatable bonds is 11. The Labute approximate surface area is 198 Å². The zero-order valence-corrected chi connectivity index (χ0v) is 20.1. The van der Waals surface area contributed by atoms with Gasteiger partial charge in [0.05, 0.1) is 6.54 Å². The number of nitrogens with one attached hydrogen (secondary N) is 2. The number of likely N-dealkylation sites (N-methyl/N-ethyl adjacent to an activating group) is 1. The first-order valence-electron chi connectivity index (χ1n) is 10.4. The van der Waals surface area contributed by atoms with Gasteiger partial charge < -0.3 is 22.1 Å². The van der Waals surface area contributed by atoms with Crippen LogP contribution in [0, 0.1) is 0 Å². The van der Waals surface area contributed by atoms with Gasteiger partial charge >= 0.3 is 0 Å². The van der Waals surface area contributed by atoms with Gasteiger partial charge in [0.15, 0.2) is 11.5 Å². The first-order chi connectivity index (χ1) is 15.8. The van der Waals surface area contributed by atoms with Crippen LogP contribution in [0.1, 0.15) is 30.7 Å². The smallest absolute Gasteiger partial charge is 0.273 e. The number of nitrogens with zero attached hydrogens (tertiary/aromatic N) is 3. The number of carbonyl (C=O) groups is 1. The van der Waals surface area contributed by atoms with Crippen molar-refractivity contribution in [2.45, 2.75) is 26.8 Å². The Morgan fingerprint density at radius 1 is 1.24 bits per heavy atom. The molecule has 8 nitrogen and oxygen atoms in total. The summed E-state index contributed by atoms with van der Waals surface area (Å²) in [5.74, 6) is 0.415. The lowest BCUT2D eigenvalue weighted by Crippen LogP contribution is -2.27. The molecular formula is C24H31N7OS. The highest BCUT2D eigenvalue weighted by Crippen LogP contribution is 2.30. The molecule has 0 atom stereocenters. The molecule has 0 radical (unpaired) electrons. The molecule has 0 aliphatic carbocycles. The van der Waals surface area contributed by atoms with Gasteiger partial charge in [0.2, 0.25) is 0 Å². The maximum Gasteiger partial charge on any atom is 0.273 e. The van der Waals surface area contributed by atoms with Crippen molar-refractivity contribution in [3.8, 4) is 10.4 Å². The van der Waals surface area contributed by atoms with E-state index in [1.54, 1.807) is 24.6 Å². The van der Waals surface area contributed by atoms with Crippen molar-refractivity contribution in [2.24, 2.45) is 20.7 Å². The molecule has 9 heteroatoms. The molecule has 2 rings (SSSR count). The van der Waals surface area contributed by atoms with Gasteiger partial charge in [-0.1, -0.05) is 18.2 Å². The lowest BCUT2D eigenvalue weighted by atomic mass is 10.1. The topological polar surface area (TPSA) is 130 Å². The average molecular weight is 466 g/mol. The SMILES string of the molecule is C=N/C(C(=O)NCC)=C(\N=C/CC(=C)C)NCc1ccc(-c2ccc(N)c(C(N)=NC)c2)s1. The van der Waals surface area contributed by atoms with Crippen molar-refractivity contribution >= 4 is 41.7 Å². The van der Waals surface area contributed by atoms with Gasteiger partial charge in [0, 0.05) is 47.2 Å². The molecule has 0 spiro atoms. The first-order valence-corrected chi connectivity index (χ1v) is 11.2. The van der Waals surface area contributed by atoms with Crippen molar-refractivity contribution in [1.29, 1.82) is 0 Å². The van der Waals surface area contributed by atoms with Gasteiger partial charge in [-0.15, -0.1) is 11.3 Å². The van der Waals surface area contributed by atoms with Crippen molar-refractivity contribution in [3.05, 3.63) is 64.4 Å². The van der Waals surface area contributed by atoms with Crippen molar-refractivity contribution in [2.75, 3.05) is 19.3 Å². The quantitative estimate of drug-likeness (QED) is 0.133. The van der Waals surface area contributed by atoms with Crippen LogP contribution >= 0.6 is 11.3 Å². The molecule has 0 saturated heterocycles. The molecule has 2 aromatic rings. The average Bonchev–Trinajstić information content (AvgIpc) is 3.26. The Bertz CT molecular complexity index is 1110. The van der Waals surface area contributed by atoms with Crippen LogP contribution < -0.4 is 22.1 Å². The second-order valence-corrected chi connectivity index (χ2v) is 8.39. The maximum absolute atomic E-state index is 12.4. The summed E-state index contributed by atoms with van der Waals surface area (Å²) in [7, 11) is 1.63. The van der Waals surface area contributed by atoms with E-state index in [4.69, 9.17) is 11.5 Å². The van der Waals surface area contributed by atoms with Crippen LogP contribution in [0.4, 0.5) is 5.69 Å². The first kappa shape index (κ1) is 25.5. The third kappa shape index (κ3) is 7.15. The lowest BCUT2D eigenvalue weighted by molar-refractivity contribution is -0.117. The molecule has 0 unspecified atom stereocenters. The molecule has 33 heavy (non-hydrogen) atoms. The summed E-state index contributed by atoms with van der Waals surface area (Å²) in [6.07, 6.45) is 2.29. The number of anilines is 1. The molecule has 0 aliphatic rings. The fourth-order valence-corrected chi connectivity index (χ4v) is 3.78. The Morgan fingerprint density at radius 2 is 2.00 bits per heavy atom. The second-order valence-electron chi connectivity index (χ2n) is 7.22. The van der Waals surface area contributed by atoms with Crippen LogP contribution in [-0.2, 0) is 11.3 Å². The van der Waals surface area contributed by atoms with E-state index in [9.17, 15) is 4.79 Å². The number of thiophene rings is 1. The minimum atomic E-state index is -0.334. The molecule has 1 aromatic heterocycles. The number of hydrogen-bond donors (Lipinski definition) is 4. The van der Waals surface area contributed by atoms with E-state index in [-0.39, 0.29) is 11.6 Å². The van der Waals surface area contributed by atoms with E-state index in [2.05, 4.69) is 38.9 Å². The number of aliphatic imine (C=N–C) groups is 3. The predicted molar refractivity (Wildman–Crippen MR) is 141 cm³/mol. The van der Waals surface area contributed by atoms with Crippen LogP contribution in [0.25, 0.3) is 10.4 Å². The molecule has 1 amide bonds. The number of nitrogen functional groups attached to an aromatic ring is 1. The zero-order chi connectivity index (χ0) is 24.4. The Balaban J connectivity index is 2.27. The fraction of sp³-hybridized carbons (Fsp3) is 0.250. The van der Waals surface area contributed by atoms with Gasteiger partial charge in [-0.3, -0.25) is 14.8 Å². The summed E-state index contributed by atoms with van der Waals surface area (Å²) in [5, 5.41) is 5.96. The van der Waals surface area contributed by atoms with Gasteiger partial charge in [-0.05, 0) is 50.4 Å². The number of amides is 1. The third-order valence-electron chi connectivity index (χ3n) is 4.54. The van der Waals surface area contributed by atoms with Crippen LogP contribution in [0.3, 0.4) is 0 Å². The minimum Gasteiger partial charge on any atom is -0.398 e. The Hall–Kier alpha value is -3.72. The van der Waals surface area contributed by atoms with Gasteiger partial charge in [-0.25, -0.2) is 4.99 Å². The van der Waals surface area contributed by atoms with Crippen LogP contribution in [0.15, 0.2) is 69.0 Å². The Kier molecular flexibility index (Phi) is 9.56. The normalized spacial score (nSPS) is 12.4. The molecule has 0 aliphatic heterocycles. The second kappa shape index (κ2) is 12.4. The highest BCUT2D eigenvalue weighted by Gasteiger charge is 2.14. The molecule has 174 valence electrons. The number of benzene rings is 1. The highest BCUT2D eigenvalue weighted by molar-refractivity contribution is 7.15. The number of allylic oxidation sites excluding steroid dienone is 1. The lowest BCUT2D eigenvalue weighted by Gasteiger charge is -2.10. The van der Waals surface area contributed by atoms with Crippen molar-refractivity contribution in [3.63, 3.8) is 0 Å². The Morgan fingerprint density at radius 3 is 2.64 bits per heavy atom. The van der Waals surface area contributed by atoms with E-state index in [1.807, 2.05) is 44.2 Å². The van der Waals surface area contributed by atoms with Gasteiger partial charge in [0.1, 0.15) is 5.84 Å². The predicted octanol–water partition coefficient (Wildman–Crippen LogP) is 3.46. The van der Waals surface area contributed by atoms with E-state index in [0.29, 0.717) is 42.4 Å². The van der Waals surface area contributed by atoms with Crippen molar-refractivity contribution < 1.29 is 4.79 Å². The summed E-state index contributed by atoms with van der Waals surface area (Å²) < 4.78 is 0. The van der Waals surface area contributed by atoms with E-state index < -0.39 is 0 Å². The molecule has 6 N–H and O–H groups in total. The summed E-state index contributed by atoms with van der Waals surface area (Å²) in [6.45, 7) is 12.1. The molecule has 0 fully saturated rings. The highest BCUT2D eigenvalue weighted by atomic mass is 32.1. The third-order valence-corrected chi connectivity index (χ3v) is 5.68. The van der Waals surface area contributed by atoms with E-state index >= 15 is 0 Å². The molecule has 1 heterocycles.